The molecule has 0 N–H and O–H groups in total. The lowest BCUT2D eigenvalue weighted by Crippen LogP contribution is -2.16. The molecule has 0 aliphatic heterocycles. The third-order valence-corrected chi connectivity index (χ3v) is 4.15. The second-order valence-electron chi connectivity index (χ2n) is 5.93. The summed E-state index contributed by atoms with van der Waals surface area (Å²) in [6.45, 7) is 3.24. The van der Waals surface area contributed by atoms with Gasteiger partial charge in [0, 0.05) is 16.7 Å². The van der Waals surface area contributed by atoms with E-state index in [4.69, 9.17) is 20.8 Å². The molecular formula is C20H15ClO5. The standard InChI is InChI=1S/C20H15ClO5/c1-11-3-4-12(2)14(7-11)17(23)10-25-20(24)19-9-16(22)15-8-13(21)5-6-18(15)26-19/h3-9H,10H2,1-2H3. The van der Waals surface area contributed by atoms with Gasteiger partial charge in [0.2, 0.25) is 11.5 Å². The number of hydrogen-bond donors (Lipinski definition) is 0. The van der Waals surface area contributed by atoms with Gasteiger partial charge < -0.3 is 9.15 Å². The van der Waals surface area contributed by atoms with Crippen LogP contribution in [0.1, 0.15) is 32.0 Å². The van der Waals surface area contributed by atoms with E-state index in [0.29, 0.717) is 10.6 Å². The normalized spacial score (nSPS) is 10.7. The summed E-state index contributed by atoms with van der Waals surface area (Å²) in [6, 6.07) is 11.0. The number of ether oxygens (including phenoxy) is 1. The van der Waals surface area contributed by atoms with Gasteiger partial charge >= 0.3 is 5.97 Å². The molecule has 1 heterocycles. The molecule has 0 fully saturated rings. The van der Waals surface area contributed by atoms with Gasteiger partial charge in [-0.1, -0.05) is 29.3 Å². The van der Waals surface area contributed by atoms with Crippen molar-refractivity contribution in [1.82, 2.24) is 0 Å². The molecule has 5 nitrogen and oxygen atoms in total. The summed E-state index contributed by atoms with van der Waals surface area (Å²) in [5.41, 5.74) is 2.03. The lowest BCUT2D eigenvalue weighted by Gasteiger charge is -2.07. The molecule has 1 aromatic heterocycles. The maximum absolute atomic E-state index is 12.3. The van der Waals surface area contributed by atoms with E-state index in [2.05, 4.69) is 0 Å². The van der Waals surface area contributed by atoms with Gasteiger partial charge in [0.15, 0.2) is 12.0 Å². The zero-order chi connectivity index (χ0) is 18.8. The van der Waals surface area contributed by atoms with Crippen molar-refractivity contribution in [3.05, 3.63) is 80.2 Å². The molecule has 0 atom stereocenters. The molecule has 0 bridgehead atoms. The van der Waals surface area contributed by atoms with Gasteiger partial charge in [0.05, 0.1) is 5.39 Å². The number of carbonyl (C=O) groups excluding carboxylic acids is 2. The molecule has 6 heteroatoms. The van der Waals surface area contributed by atoms with Crippen molar-refractivity contribution in [1.29, 1.82) is 0 Å². The van der Waals surface area contributed by atoms with Crippen LogP contribution in [0.4, 0.5) is 0 Å². The van der Waals surface area contributed by atoms with Crippen LogP contribution in [-0.2, 0) is 4.74 Å². The summed E-state index contributed by atoms with van der Waals surface area (Å²) in [7, 11) is 0. The number of fused-ring (bicyclic) bond motifs is 1. The zero-order valence-corrected chi connectivity index (χ0v) is 14.9. The molecule has 132 valence electrons. The van der Waals surface area contributed by atoms with Crippen molar-refractivity contribution in [2.24, 2.45) is 0 Å². The van der Waals surface area contributed by atoms with Crippen LogP contribution in [0, 0.1) is 13.8 Å². The summed E-state index contributed by atoms with van der Waals surface area (Å²) in [4.78, 5) is 36.6. The van der Waals surface area contributed by atoms with Crippen molar-refractivity contribution in [3.63, 3.8) is 0 Å². The second kappa shape index (κ2) is 7.14. The molecule has 3 aromatic rings. The molecule has 3 rings (SSSR count). The first-order valence-corrected chi connectivity index (χ1v) is 8.24. The minimum Gasteiger partial charge on any atom is -0.451 e. The van der Waals surface area contributed by atoms with Gasteiger partial charge in [-0.25, -0.2) is 4.79 Å². The van der Waals surface area contributed by atoms with Gasteiger partial charge in [-0.3, -0.25) is 9.59 Å². The largest absolute Gasteiger partial charge is 0.451 e. The molecule has 2 aromatic carbocycles. The Morgan fingerprint density at radius 1 is 1.08 bits per heavy atom. The first kappa shape index (κ1) is 17.9. The molecule has 0 aliphatic carbocycles. The van der Waals surface area contributed by atoms with Gasteiger partial charge in [0.1, 0.15) is 5.58 Å². The maximum atomic E-state index is 12.3. The van der Waals surface area contributed by atoms with Crippen LogP contribution >= 0.6 is 11.6 Å². The monoisotopic (exact) mass is 370 g/mol. The highest BCUT2D eigenvalue weighted by Gasteiger charge is 2.17. The third-order valence-electron chi connectivity index (χ3n) is 3.92. The van der Waals surface area contributed by atoms with Crippen LogP contribution in [-0.4, -0.2) is 18.4 Å². The maximum Gasteiger partial charge on any atom is 0.374 e. The summed E-state index contributed by atoms with van der Waals surface area (Å²) in [5, 5.41) is 0.653. The second-order valence-corrected chi connectivity index (χ2v) is 6.37. The highest BCUT2D eigenvalue weighted by atomic mass is 35.5. The molecule has 0 unspecified atom stereocenters. The molecule has 0 aliphatic rings. The average molecular weight is 371 g/mol. The van der Waals surface area contributed by atoms with E-state index in [1.165, 1.54) is 12.1 Å². The van der Waals surface area contributed by atoms with Crippen molar-refractivity contribution >= 4 is 34.3 Å². The Morgan fingerprint density at radius 2 is 1.85 bits per heavy atom. The fourth-order valence-corrected chi connectivity index (χ4v) is 2.72. The van der Waals surface area contributed by atoms with Crippen LogP contribution in [0.15, 0.2) is 51.7 Å². The highest BCUT2D eigenvalue weighted by Crippen LogP contribution is 2.18. The SMILES string of the molecule is Cc1ccc(C)c(C(=O)COC(=O)c2cc(=O)c3cc(Cl)ccc3o2)c1. The van der Waals surface area contributed by atoms with Gasteiger partial charge in [-0.05, 0) is 43.7 Å². The van der Waals surface area contributed by atoms with Crippen LogP contribution < -0.4 is 5.43 Å². The lowest BCUT2D eigenvalue weighted by molar-refractivity contribution is 0.0444. The van der Waals surface area contributed by atoms with Crippen molar-refractivity contribution in [3.8, 4) is 0 Å². The van der Waals surface area contributed by atoms with E-state index in [1.54, 1.807) is 12.1 Å². The Kier molecular flexibility index (Phi) is 4.91. The summed E-state index contributed by atoms with van der Waals surface area (Å²) >= 11 is 5.85. The number of carbonyl (C=O) groups is 2. The van der Waals surface area contributed by atoms with Crippen LogP contribution in [0.25, 0.3) is 11.0 Å². The van der Waals surface area contributed by atoms with Gasteiger partial charge in [-0.2, -0.15) is 0 Å². The minimum atomic E-state index is -0.877. The summed E-state index contributed by atoms with van der Waals surface area (Å²) < 4.78 is 10.4. The van der Waals surface area contributed by atoms with E-state index >= 15 is 0 Å². The molecule has 0 amide bonds. The summed E-state index contributed by atoms with van der Waals surface area (Å²) in [6.07, 6.45) is 0. The molecule has 26 heavy (non-hydrogen) atoms. The van der Waals surface area contributed by atoms with Crippen molar-refractivity contribution in [2.75, 3.05) is 6.61 Å². The van der Waals surface area contributed by atoms with Crippen LogP contribution in [0.3, 0.4) is 0 Å². The van der Waals surface area contributed by atoms with Crippen molar-refractivity contribution in [2.45, 2.75) is 13.8 Å². The number of Topliss-reactive ketones (excluding diaryl/α,β-unsaturated/α-hetero) is 1. The number of halogens is 1. The highest BCUT2D eigenvalue weighted by molar-refractivity contribution is 6.31. The number of benzene rings is 2. The minimum absolute atomic E-state index is 0.217. The Bertz CT molecular complexity index is 1080. The number of ketones is 1. The molecule has 0 saturated heterocycles. The number of hydrogen-bond acceptors (Lipinski definition) is 5. The van der Waals surface area contributed by atoms with E-state index in [9.17, 15) is 14.4 Å². The van der Waals surface area contributed by atoms with E-state index < -0.39 is 18.0 Å². The number of esters is 1. The van der Waals surface area contributed by atoms with Gasteiger partial charge in [-0.15, -0.1) is 0 Å². The smallest absolute Gasteiger partial charge is 0.374 e. The fraction of sp³-hybridized carbons (Fsp3) is 0.150. The molecule has 0 radical (unpaired) electrons. The first-order valence-electron chi connectivity index (χ1n) is 7.86. The molecule has 0 saturated carbocycles. The van der Waals surface area contributed by atoms with Gasteiger partial charge in [0.25, 0.3) is 0 Å². The average Bonchev–Trinajstić information content (AvgIpc) is 2.61. The predicted octanol–water partition coefficient (Wildman–Crippen LogP) is 4.10. The Morgan fingerprint density at radius 3 is 2.62 bits per heavy atom. The van der Waals surface area contributed by atoms with Crippen LogP contribution in [0.5, 0.6) is 0 Å². The third kappa shape index (κ3) is 3.68. The van der Waals surface area contributed by atoms with E-state index in [1.807, 2.05) is 26.0 Å². The lowest BCUT2D eigenvalue weighted by atomic mass is 10.0. The molecular weight excluding hydrogens is 356 g/mol. The topological polar surface area (TPSA) is 73.6 Å². The Labute approximate surface area is 154 Å². The quantitative estimate of drug-likeness (QED) is 0.510. The molecule has 0 spiro atoms. The Balaban J connectivity index is 1.79. The first-order chi connectivity index (χ1) is 12.3. The number of aryl methyl sites for hydroxylation is 2. The van der Waals surface area contributed by atoms with Crippen LogP contribution in [0.2, 0.25) is 5.02 Å². The number of rotatable bonds is 4. The van der Waals surface area contributed by atoms with Crippen molar-refractivity contribution < 1.29 is 18.7 Å². The van der Waals surface area contributed by atoms with E-state index in [0.717, 1.165) is 17.2 Å². The summed E-state index contributed by atoms with van der Waals surface area (Å²) in [5.74, 6) is -1.47. The zero-order valence-electron chi connectivity index (χ0n) is 14.2. The predicted molar refractivity (Wildman–Crippen MR) is 98.0 cm³/mol. The Hall–Kier alpha value is -2.92. The fourth-order valence-electron chi connectivity index (χ4n) is 2.55. The van der Waals surface area contributed by atoms with E-state index in [-0.39, 0.29) is 22.5 Å².